The minimum Gasteiger partial charge on any atom is -0.455 e. The van der Waals surface area contributed by atoms with E-state index in [1.54, 1.807) is 5.06 Å². The number of hydrogen-bond donors (Lipinski definition) is 0. The van der Waals surface area contributed by atoms with Gasteiger partial charge >= 0.3 is 0 Å². The van der Waals surface area contributed by atoms with Gasteiger partial charge in [-0.15, -0.1) is 0 Å². The highest BCUT2D eigenvalue weighted by molar-refractivity contribution is 6.23. The molecule has 4 nitrogen and oxygen atoms in total. The van der Waals surface area contributed by atoms with E-state index in [1.807, 2.05) is 48.7 Å². The normalized spacial score (nSPS) is 14.4. The van der Waals surface area contributed by atoms with E-state index < -0.39 is 0 Å². The molecule has 0 unspecified atom stereocenters. The summed E-state index contributed by atoms with van der Waals surface area (Å²) in [5.74, 6) is 1.41. The molecule has 0 radical (unpaired) electrons. The van der Waals surface area contributed by atoms with Crippen molar-refractivity contribution in [3.63, 3.8) is 0 Å². The maximum absolute atomic E-state index is 6.52. The number of fused-ring (bicyclic) bond motifs is 7. The molecule has 6 aromatic carbocycles. The lowest BCUT2D eigenvalue weighted by molar-refractivity contribution is 0.0742. The maximum Gasteiger partial charge on any atom is 0.169 e. The lowest BCUT2D eigenvalue weighted by Crippen LogP contribution is -2.29. The van der Waals surface area contributed by atoms with Crippen LogP contribution in [-0.4, -0.2) is 10.9 Å². The van der Waals surface area contributed by atoms with Crippen LogP contribution in [0.1, 0.15) is 11.1 Å². The Morgan fingerprint density at radius 3 is 1.93 bits per heavy atom. The Kier molecular flexibility index (Phi) is 5.02. The van der Waals surface area contributed by atoms with Crippen LogP contribution in [0.4, 0.5) is 0 Å². The van der Waals surface area contributed by atoms with E-state index in [0.717, 1.165) is 71.5 Å². The molecule has 1 aromatic heterocycles. The van der Waals surface area contributed by atoms with E-state index in [-0.39, 0.29) is 0 Å². The number of nitrogens with zero attached hydrogens (tertiary/aromatic N) is 2. The van der Waals surface area contributed by atoms with Crippen molar-refractivity contribution in [1.82, 2.24) is 5.06 Å². The predicted octanol–water partition coefficient (Wildman–Crippen LogP) is 10.1. The fourth-order valence-electron chi connectivity index (χ4n) is 6.54. The highest BCUT2D eigenvalue weighted by atomic mass is 16.7. The fraction of sp³-hybridized carbons (Fsp3) is 0. The monoisotopic (exact) mass is 552 g/mol. The first-order chi connectivity index (χ1) is 21.2. The summed E-state index contributed by atoms with van der Waals surface area (Å²) in [7, 11) is 0. The zero-order valence-electron chi connectivity index (χ0n) is 23.1. The second-order valence-electron chi connectivity index (χ2n) is 10.9. The molecule has 0 bridgehead atoms. The smallest absolute Gasteiger partial charge is 0.169 e. The van der Waals surface area contributed by atoms with Crippen molar-refractivity contribution in [1.29, 1.82) is 0 Å². The first-order valence-corrected chi connectivity index (χ1v) is 14.3. The van der Waals surface area contributed by atoms with Crippen LogP contribution in [0.15, 0.2) is 150 Å². The Hall–Kier alpha value is -5.87. The average molecular weight is 553 g/mol. The second kappa shape index (κ2) is 9.07. The molecule has 0 amide bonds. The number of aliphatic imine (C=N–C) groups is 1. The van der Waals surface area contributed by atoms with E-state index in [4.69, 9.17) is 14.2 Å². The molecule has 202 valence electrons. The minimum atomic E-state index is 0.676. The molecule has 0 saturated heterocycles. The van der Waals surface area contributed by atoms with Gasteiger partial charge in [-0.1, -0.05) is 104 Å². The third-order valence-corrected chi connectivity index (χ3v) is 8.43. The first kappa shape index (κ1) is 23.8. The highest BCUT2D eigenvalue weighted by Crippen LogP contribution is 2.46. The summed E-state index contributed by atoms with van der Waals surface area (Å²) in [6.45, 7) is 4.18. The summed E-state index contributed by atoms with van der Waals surface area (Å²) >= 11 is 0. The first-order valence-electron chi connectivity index (χ1n) is 14.3. The van der Waals surface area contributed by atoms with Gasteiger partial charge in [0.1, 0.15) is 11.2 Å². The van der Waals surface area contributed by atoms with Crippen molar-refractivity contribution >= 4 is 60.6 Å². The van der Waals surface area contributed by atoms with E-state index in [0.29, 0.717) is 11.5 Å². The minimum absolute atomic E-state index is 0.676. The Labute approximate surface area is 247 Å². The molecule has 3 heterocycles. The SMILES string of the molecule is C=C1N=C2C=CC(c3c4ccccc4c(-c4cccc5c4oc4ccccc45)c4ccccc34)=CN2Oc2ccccc21. The van der Waals surface area contributed by atoms with Crippen LogP contribution >= 0.6 is 0 Å². The second-order valence-corrected chi connectivity index (χ2v) is 10.9. The van der Waals surface area contributed by atoms with Crippen LogP contribution < -0.4 is 4.84 Å². The lowest BCUT2D eigenvalue weighted by atomic mass is 9.85. The summed E-state index contributed by atoms with van der Waals surface area (Å²) in [5, 5.41) is 8.62. The zero-order chi connectivity index (χ0) is 28.5. The maximum atomic E-state index is 6.52. The van der Waals surface area contributed by atoms with Gasteiger partial charge < -0.3 is 9.25 Å². The van der Waals surface area contributed by atoms with Crippen molar-refractivity contribution in [3.05, 3.63) is 151 Å². The molecule has 0 aliphatic carbocycles. The molecule has 0 fully saturated rings. The van der Waals surface area contributed by atoms with Gasteiger partial charge in [0.25, 0.3) is 0 Å². The van der Waals surface area contributed by atoms with Crippen molar-refractivity contribution < 1.29 is 9.25 Å². The van der Waals surface area contributed by atoms with E-state index in [2.05, 4.69) is 91.5 Å². The number of rotatable bonds is 2. The van der Waals surface area contributed by atoms with Crippen molar-refractivity contribution in [3.8, 4) is 16.9 Å². The zero-order valence-corrected chi connectivity index (χ0v) is 23.1. The van der Waals surface area contributed by atoms with Gasteiger partial charge in [-0.3, -0.25) is 0 Å². The molecule has 2 aliphatic rings. The van der Waals surface area contributed by atoms with Gasteiger partial charge in [0.15, 0.2) is 11.6 Å². The fourth-order valence-corrected chi connectivity index (χ4v) is 6.54. The Morgan fingerprint density at radius 1 is 0.558 bits per heavy atom. The molecule has 4 heteroatoms. The van der Waals surface area contributed by atoms with Crippen LogP contribution in [0.25, 0.3) is 65.9 Å². The van der Waals surface area contributed by atoms with Gasteiger partial charge in [0.2, 0.25) is 0 Å². The summed E-state index contributed by atoms with van der Waals surface area (Å²) in [6.07, 6.45) is 6.15. The Bertz CT molecular complexity index is 2350. The Balaban J connectivity index is 1.31. The third-order valence-electron chi connectivity index (χ3n) is 8.43. The van der Waals surface area contributed by atoms with Crippen molar-refractivity contribution in [2.45, 2.75) is 0 Å². The largest absolute Gasteiger partial charge is 0.455 e. The number of hydroxylamine groups is 2. The van der Waals surface area contributed by atoms with Gasteiger partial charge in [-0.2, -0.15) is 5.06 Å². The Morgan fingerprint density at radius 2 is 1.16 bits per heavy atom. The molecule has 0 N–H and O–H groups in total. The molecule has 0 saturated carbocycles. The highest BCUT2D eigenvalue weighted by Gasteiger charge is 2.25. The van der Waals surface area contributed by atoms with Crippen molar-refractivity contribution in [2.75, 3.05) is 0 Å². The van der Waals surface area contributed by atoms with Crippen LogP contribution in [0, 0.1) is 0 Å². The lowest BCUT2D eigenvalue weighted by Gasteiger charge is -2.25. The summed E-state index contributed by atoms with van der Waals surface area (Å²) in [5.41, 5.74) is 7.78. The van der Waals surface area contributed by atoms with E-state index in [1.165, 1.54) is 5.56 Å². The molecule has 43 heavy (non-hydrogen) atoms. The van der Waals surface area contributed by atoms with Gasteiger partial charge in [0.05, 0.1) is 11.9 Å². The van der Waals surface area contributed by atoms with Gasteiger partial charge in [-0.25, -0.2) is 4.99 Å². The summed E-state index contributed by atoms with van der Waals surface area (Å²) in [4.78, 5) is 11.2. The number of hydrogen-bond acceptors (Lipinski definition) is 4. The number of allylic oxidation sites excluding steroid dienone is 2. The van der Waals surface area contributed by atoms with E-state index in [9.17, 15) is 0 Å². The molecule has 7 aromatic rings. The van der Waals surface area contributed by atoms with E-state index >= 15 is 0 Å². The molecule has 2 aliphatic heterocycles. The standard InChI is InChI=1S/C39H24N2O2/c1-24-26-11-6-9-20-35(26)43-41-23-25(21-22-36(41)40-24)37-28-13-2-4-15-30(28)38(31-16-5-3-14-29(31)37)33-18-10-17-32-27-12-7-8-19-34(27)42-39(32)33/h2-23H,1H2. The molecule has 9 rings (SSSR count). The van der Waals surface area contributed by atoms with Crippen LogP contribution in [0.3, 0.4) is 0 Å². The number of para-hydroxylation sites is 3. The number of furan rings is 1. The van der Waals surface area contributed by atoms with Crippen molar-refractivity contribution in [2.24, 2.45) is 4.99 Å². The number of benzene rings is 6. The molecule has 0 spiro atoms. The van der Waals surface area contributed by atoms with Gasteiger partial charge in [-0.05, 0) is 57.5 Å². The summed E-state index contributed by atoms with van der Waals surface area (Å²) < 4.78 is 6.52. The predicted molar refractivity (Wildman–Crippen MR) is 177 cm³/mol. The molecular formula is C39H24N2O2. The van der Waals surface area contributed by atoms with Crippen LogP contribution in [0.5, 0.6) is 5.75 Å². The quantitative estimate of drug-likeness (QED) is 0.200. The summed E-state index contributed by atoms with van der Waals surface area (Å²) in [6, 6.07) is 39.8. The topological polar surface area (TPSA) is 38.0 Å². The third kappa shape index (κ3) is 3.53. The molecule has 0 atom stereocenters. The average Bonchev–Trinajstić information content (AvgIpc) is 3.37. The van der Waals surface area contributed by atoms with Crippen LogP contribution in [-0.2, 0) is 0 Å². The number of amidine groups is 1. The molecular weight excluding hydrogens is 528 g/mol. The van der Waals surface area contributed by atoms with Gasteiger partial charge in [0, 0.05) is 33.0 Å². The van der Waals surface area contributed by atoms with Crippen LogP contribution in [0.2, 0.25) is 0 Å².